The zero-order valence-corrected chi connectivity index (χ0v) is 38.7. The van der Waals surface area contributed by atoms with Crippen LogP contribution in [0.5, 0.6) is 0 Å². The number of ether oxygens (including phenoxy) is 2. The van der Waals surface area contributed by atoms with Crippen molar-refractivity contribution < 1.29 is 47.8 Å². The molecule has 0 spiro atoms. The van der Waals surface area contributed by atoms with E-state index in [1.165, 1.54) is 180 Å². The number of aliphatic hydroxyl groups is 2. The Balaban J connectivity index is 4.16. The Morgan fingerprint density at radius 3 is 1.07 bits per heavy atom. The molecule has 0 aromatic heterocycles. The summed E-state index contributed by atoms with van der Waals surface area (Å²) in [5.74, 6) is -0.904. The van der Waals surface area contributed by atoms with Gasteiger partial charge >= 0.3 is 19.8 Å². The molecule has 0 aliphatic rings. The van der Waals surface area contributed by atoms with E-state index in [1.54, 1.807) is 0 Å². The molecular formula is C47H93O10P. The second-order valence-corrected chi connectivity index (χ2v) is 18.3. The third-order valence-corrected chi connectivity index (χ3v) is 12.0. The molecule has 346 valence electrons. The number of unbranched alkanes of at least 4 members (excludes halogenated alkanes) is 33. The summed E-state index contributed by atoms with van der Waals surface area (Å²) in [6.07, 6.45) is 42.1. The van der Waals surface area contributed by atoms with Crippen molar-refractivity contribution in [2.45, 2.75) is 264 Å². The van der Waals surface area contributed by atoms with E-state index in [0.29, 0.717) is 12.8 Å². The van der Waals surface area contributed by atoms with Crippen molar-refractivity contribution in [1.29, 1.82) is 0 Å². The quantitative estimate of drug-likeness (QED) is 0.0307. The van der Waals surface area contributed by atoms with E-state index in [4.69, 9.17) is 23.6 Å². The lowest BCUT2D eigenvalue weighted by molar-refractivity contribution is -0.161. The molecule has 0 aromatic rings. The Hall–Kier alpha value is -1.03. The van der Waals surface area contributed by atoms with Gasteiger partial charge in [0.25, 0.3) is 0 Å². The van der Waals surface area contributed by atoms with Gasteiger partial charge in [-0.3, -0.25) is 18.6 Å². The number of carbonyl (C=O) groups excluding carboxylic acids is 2. The Kier molecular flexibility index (Phi) is 43.3. The van der Waals surface area contributed by atoms with Crippen molar-refractivity contribution in [3.63, 3.8) is 0 Å². The number of phosphoric acid groups is 1. The first-order valence-electron chi connectivity index (χ1n) is 24.5. The Bertz CT molecular complexity index is 935. The van der Waals surface area contributed by atoms with Crippen LogP contribution in [0.1, 0.15) is 251 Å². The standard InChI is InChI=1S/C47H93O10P/c1-3-5-7-9-11-13-15-17-19-21-22-23-25-27-29-31-33-35-37-39-47(51)57-45(43-56-58(52,53)55-41-44(49)40-48)42-54-46(50)38-36-34-32-30-28-26-24-20-18-16-14-12-10-8-6-4-2/h44-45,48-49H,3-43H2,1-2H3,(H,52,53). The maximum atomic E-state index is 12.7. The van der Waals surface area contributed by atoms with Crippen LogP contribution in [0.15, 0.2) is 0 Å². The van der Waals surface area contributed by atoms with Crippen LogP contribution in [0.3, 0.4) is 0 Å². The van der Waals surface area contributed by atoms with E-state index in [2.05, 4.69) is 13.8 Å². The number of hydrogen-bond donors (Lipinski definition) is 3. The predicted octanol–water partition coefficient (Wildman–Crippen LogP) is 13.4. The van der Waals surface area contributed by atoms with Gasteiger partial charge in [0.2, 0.25) is 0 Å². The molecule has 0 aliphatic heterocycles. The minimum Gasteiger partial charge on any atom is -0.462 e. The van der Waals surface area contributed by atoms with Crippen molar-refractivity contribution in [3.8, 4) is 0 Å². The lowest BCUT2D eigenvalue weighted by Gasteiger charge is -2.20. The smallest absolute Gasteiger partial charge is 0.462 e. The van der Waals surface area contributed by atoms with E-state index in [0.717, 1.165) is 32.1 Å². The van der Waals surface area contributed by atoms with Gasteiger partial charge in [-0.15, -0.1) is 0 Å². The maximum absolute atomic E-state index is 12.7. The van der Waals surface area contributed by atoms with Crippen LogP contribution in [0, 0.1) is 0 Å². The van der Waals surface area contributed by atoms with Gasteiger partial charge < -0.3 is 24.6 Å². The molecule has 0 rings (SSSR count). The third-order valence-electron chi connectivity index (χ3n) is 11.0. The first-order chi connectivity index (χ1) is 28.2. The van der Waals surface area contributed by atoms with Gasteiger partial charge in [0, 0.05) is 12.8 Å². The summed E-state index contributed by atoms with van der Waals surface area (Å²) in [5, 5.41) is 18.4. The lowest BCUT2D eigenvalue weighted by Crippen LogP contribution is -2.29. The molecule has 0 aliphatic carbocycles. The zero-order valence-electron chi connectivity index (χ0n) is 37.8. The number of esters is 2. The average molecular weight is 849 g/mol. The monoisotopic (exact) mass is 849 g/mol. The van der Waals surface area contributed by atoms with Crippen molar-refractivity contribution in [2.75, 3.05) is 26.4 Å². The second kappa shape index (κ2) is 44.0. The molecule has 58 heavy (non-hydrogen) atoms. The highest BCUT2D eigenvalue weighted by Gasteiger charge is 2.27. The highest BCUT2D eigenvalue weighted by Crippen LogP contribution is 2.43. The molecule has 3 N–H and O–H groups in total. The second-order valence-electron chi connectivity index (χ2n) is 16.9. The fourth-order valence-electron chi connectivity index (χ4n) is 7.23. The van der Waals surface area contributed by atoms with Gasteiger partial charge in [-0.1, -0.05) is 226 Å². The number of aliphatic hydroxyl groups excluding tert-OH is 2. The number of phosphoric ester groups is 1. The first-order valence-corrected chi connectivity index (χ1v) is 26.0. The summed E-state index contributed by atoms with van der Waals surface area (Å²) in [6.45, 7) is 2.44. The van der Waals surface area contributed by atoms with Crippen molar-refractivity contribution in [1.82, 2.24) is 0 Å². The Labute approximate surface area is 356 Å². The van der Waals surface area contributed by atoms with Crippen LogP contribution >= 0.6 is 7.82 Å². The molecule has 0 heterocycles. The molecule has 0 fully saturated rings. The molecule has 0 amide bonds. The number of carbonyl (C=O) groups is 2. The Morgan fingerprint density at radius 1 is 0.448 bits per heavy atom. The van der Waals surface area contributed by atoms with Crippen LogP contribution < -0.4 is 0 Å². The highest BCUT2D eigenvalue weighted by atomic mass is 31.2. The Morgan fingerprint density at radius 2 is 0.741 bits per heavy atom. The van der Waals surface area contributed by atoms with Crippen LogP contribution in [0.25, 0.3) is 0 Å². The summed E-state index contributed by atoms with van der Waals surface area (Å²) < 4.78 is 32.8. The van der Waals surface area contributed by atoms with Gasteiger partial charge in [-0.2, -0.15) is 0 Å². The van der Waals surface area contributed by atoms with Crippen LogP contribution in [-0.4, -0.2) is 65.7 Å². The lowest BCUT2D eigenvalue weighted by atomic mass is 10.0. The van der Waals surface area contributed by atoms with E-state index < -0.39 is 51.8 Å². The molecule has 3 atom stereocenters. The fraction of sp³-hybridized carbons (Fsp3) is 0.957. The topological polar surface area (TPSA) is 149 Å². The summed E-state index contributed by atoms with van der Waals surface area (Å²) in [5.41, 5.74) is 0. The number of hydrogen-bond acceptors (Lipinski definition) is 9. The largest absolute Gasteiger partial charge is 0.472 e. The van der Waals surface area contributed by atoms with Crippen molar-refractivity contribution in [2.24, 2.45) is 0 Å². The average Bonchev–Trinajstić information content (AvgIpc) is 3.21. The van der Waals surface area contributed by atoms with Gasteiger partial charge in [-0.05, 0) is 12.8 Å². The maximum Gasteiger partial charge on any atom is 0.472 e. The molecule has 0 radical (unpaired) electrons. The zero-order chi connectivity index (χ0) is 42.6. The highest BCUT2D eigenvalue weighted by molar-refractivity contribution is 7.47. The molecule has 0 saturated heterocycles. The fourth-order valence-corrected chi connectivity index (χ4v) is 8.02. The summed E-state index contributed by atoms with van der Waals surface area (Å²) in [4.78, 5) is 35.1. The van der Waals surface area contributed by atoms with Gasteiger partial charge in [0.05, 0.1) is 19.8 Å². The van der Waals surface area contributed by atoms with E-state index in [1.807, 2.05) is 0 Å². The first kappa shape index (κ1) is 57.0. The molecule has 0 bridgehead atoms. The van der Waals surface area contributed by atoms with Crippen LogP contribution in [0.4, 0.5) is 0 Å². The summed E-state index contributed by atoms with van der Waals surface area (Å²) in [7, 11) is -4.61. The predicted molar refractivity (Wildman–Crippen MR) is 238 cm³/mol. The van der Waals surface area contributed by atoms with Gasteiger partial charge in [0.1, 0.15) is 12.7 Å². The summed E-state index contributed by atoms with van der Waals surface area (Å²) in [6, 6.07) is 0. The van der Waals surface area contributed by atoms with Gasteiger partial charge in [0.15, 0.2) is 6.10 Å². The number of rotatable bonds is 47. The summed E-state index contributed by atoms with van der Waals surface area (Å²) >= 11 is 0. The SMILES string of the molecule is CCCCCCCCCCCCCCCCCCCCCC(=O)OC(COC(=O)CCCCCCCCCCCCCCCCCC)COP(=O)(O)OCC(O)CO. The molecule has 11 heteroatoms. The minimum absolute atomic E-state index is 0.193. The normalized spacial score (nSPS) is 13.7. The van der Waals surface area contributed by atoms with E-state index in [-0.39, 0.29) is 19.4 Å². The molecule has 0 saturated carbocycles. The van der Waals surface area contributed by atoms with Crippen molar-refractivity contribution >= 4 is 19.8 Å². The molecule has 3 unspecified atom stereocenters. The van der Waals surface area contributed by atoms with Gasteiger partial charge in [-0.25, -0.2) is 4.57 Å². The molecule has 10 nitrogen and oxygen atoms in total. The van der Waals surface area contributed by atoms with E-state index >= 15 is 0 Å². The third kappa shape index (κ3) is 43.1. The minimum atomic E-state index is -4.61. The van der Waals surface area contributed by atoms with E-state index in [9.17, 15) is 24.2 Å². The molecular weight excluding hydrogens is 755 g/mol. The van der Waals surface area contributed by atoms with Crippen molar-refractivity contribution in [3.05, 3.63) is 0 Å². The molecule has 0 aromatic carbocycles. The van der Waals surface area contributed by atoms with Crippen LogP contribution in [0.2, 0.25) is 0 Å². The van der Waals surface area contributed by atoms with Crippen LogP contribution in [-0.2, 0) is 32.7 Å².